The van der Waals surface area contributed by atoms with Crippen molar-refractivity contribution >= 4 is 45.6 Å². The Hall–Kier alpha value is -0.750. The third kappa shape index (κ3) is 4.63. The van der Waals surface area contributed by atoms with Crippen LogP contribution < -0.4 is 0 Å². The normalized spacial score (nSPS) is 21.2. The summed E-state index contributed by atoms with van der Waals surface area (Å²) in [7, 11) is -1.94. The number of allylic oxidation sites excluding steroid dienone is 5. The molecule has 1 nitrogen and oxygen atoms in total. The Bertz CT molecular complexity index is 708. The van der Waals surface area contributed by atoms with Crippen LogP contribution in [0.4, 0.5) is 13.2 Å². The van der Waals surface area contributed by atoms with Crippen LogP contribution in [0.3, 0.4) is 0 Å². The molecule has 1 aliphatic carbocycles. The highest BCUT2D eigenvalue weighted by molar-refractivity contribution is 7.88. The van der Waals surface area contributed by atoms with E-state index in [1.807, 2.05) is 0 Å². The molecule has 0 fully saturated rings. The van der Waals surface area contributed by atoms with Gasteiger partial charge in [-0.05, 0) is 18.6 Å². The fourth-order valence-electron chi connectivity index (χ4n) is 2.02. The third-order valence-corrected chi connectivity index (χ3v) is 5.62. The summed E-state index contributed by atoms with van der Waals surface area (Å²) in [5.74, 6) is -1.13. The second-order valence-electron chi connectivity index (χ2n) is 4.73. The fourth-order valence-corrected chi connectivity index (χ4v) is 3.85. The first-order valence-electron chi connectivity index (χ1n) is 6.36. The minimum atomic E-state index is -4.66. The van der Waals surface area contributed by atoms with Gasteiger partial charge in [0.15, 0.2) is 0 Å². The van der Waals surface area contributed by atoms with Crippen molar-refractivity contribution in [2.24, 2.45) is 5.92 Å². The molecule has 0 N–H and O–H groups in total. The molecule has 124 valence electrons. The lowest BCUT2D eigenvalue weighted by atomic mass is 9.92. The lowest BCUT2D eigenvalue weighted by molar-refractivity contribution is -0.0969. The first kappa shape index (κ1) is 18.6. The summed E-state index contributed by atoms with van der Waals surface area (Å²) in [6, 6.07) is 7.88. The zero-order chi connectivity index (χ0) is 17.2. The summed E-state index contributed by atoms with van der Waals surface area (Å²) in [4.78, 5) is 0.278. The van der Waals surface area contributed by atoms with Crippen LogP contribution in [0.25, 0.3) is 0 Å². The Morgan fingerprint density at radius 2 is 1.78 bits per heavy atom. The van der Waals surface area contributed by atoms with Crippen molar-refractivity contribution in [3.8, 4) is 0 Å². The van der Waals surface area contributed by atoms with Crippen LogP contribution in [0.1, 0.15) is 6.42 Å². The van der Waals surface area contributed by atoms with E-state index in [1.165, 1.54) is 18.2 Å². The van der Waals surface area contributed by atoms with Crippen molar-refractivity contribution in [3.63, 3.8) is 0 Å². The van der Waals surface area contributed by atoms with E-state index in [1.54, 1.807) is 18.2 Å². The molecule has 2 atom stereocenters. The Morgan fingerprint density at radius 3 is 2.30 bits per heavy atom. The summed E-state index contributed by atoms with van der Waals surface area (Å²) >= 11 is 17.5. The monoisotopic (exact) mass is 400 g/mol. The largest absolute Gasteiger partial charge is 0.413 e. The Labute approximate surface area is 148 Å². The summed E-state index contributed by atoms with van der Waals surface area (Å²) in [6.45, 7) is 0. The molecule has 0 saturated carbocycles. The van der Waals surface area contributed by atoms with E-state index in [-0.39, 0.29) is 26.4 Å². The molecule has 0 saturated heterocycles. The third-order valence-electron chi connectivity index (χ3n) is 3.13. The standard InChI is InChI=1S/C15H10Cl3F3OS/c16-12-6-9(7-13(17)14(12)18)11(15(19,20)21)8-23(22)10-4-2-1-3-5-10/h1-6,8-9H,7H2/b11-8-. The average molecular weight is 402 g/mol. The van der Waals surface area contributed by atoms with Crippen molar-refractivity contribution in [2.75, 3.05) is 0 Å². The van der Waals surface area contributed by atoms with Gasteiger partial charge in [0, 0.05) is 26.8 Å². The number of halogens is 6. The van der Waals surface area contributed by atoms with E-state index in [0.717, 1.165) is 0 Å². The van der Waals surface area contributed by atoms with Crippen LogP contribution in [-0.4, -0.2) is 10.4 Å². The zero-order valence-corrected chi connectivity index (χ0v) is 14.5. The maximum absolute atomic E-state index is 13.4. The quantitative estimate of drug-likeness (QED) is 0.600. The van der Waals surface area contributed by atoms with Gasteiger partial charge >= 0.3 is 6.18 Å². The van der Waals surface area contributed by atoms with Crippen LogP contribution in [0, 0.1) is 5.92 Å². The highest BCUT2D eigenvalue weighted by Gasteiger charge is 2.40. The molecule has 1 aliphatic rings. The number of rotatable bonds is 3. The Kier molecular flexibility index (Phi) is 6.00. The Morgan fingerprint density at radius 1 is 1.17 bits per heavy atom. The number of benzene rings is 1. The van der Waals surface area contributed by atoms with Gasteiger partial charge < -0.3 is 0 Å². The smallest absolute Gasteiger partial charge is 0.250 e. The molecule has 1 aromatic carbocycles. The molecule has 0 aliphatic heterocycles. The molecule has 0 aromatic heterocycles. The molecule has 0 spiro atoms. The molecule has 8 heteroatoms. The van der Waals surface area contributed by atoms with Crippen molar-refractivity contribution in [2.45, 2.75) is 17.5 Å². The van der Waals surface area contributed by atoms with E-state index < -0.39 is 28.5 Å². The molecule has 0 bridgehead atoms. The van der Waals surface area contributed by atoms with E-state index >= 15 is 0 Å². The highest BCUT2D eigenvalue weighted by atomic mass is 35.5. The molecular weight excluding hydrogens is 392 g/mol. The molecule has 2 rings (SSSR count). The molecule has 0 amide bonds. The molecule has 2 unspecified atom stereocenters. The van der Waals surface area contributed by atoms with Crippen molar-refractivity contribution in [1.29, 1.82) is 0 Å². The molecule has 1 aromatic rings. The highest BCUT2D eigenvalue weighted by Crippen LogP contribution is 2.43. The van der Waals surface area contributed by atoms with E-state index in [2.05, 4.69) is 0 Å². The van der Waals surface area contributed by atoms with Crippen molar-refractivity contribution in [1.82, 2.24) is 0 Å². The maximum atomic E-state index is 13.4. The van der Waals surface area contributed by atoms with Gasteiger partial charge in [-0.25, -0.2) is 4.21 Å². The van der Waals surface area contributed by atoms with E-state index in [0.29, 0.717) is 5.41 Å². The molecular formula is C15H10Cl3F3OS. The topological polar surface area (TPSA) is 17.1 Å². The van der Waals surface area contributed by atoms with Gasteiger partial charge in [-0.15, -0.1) is 0 Å². The van der Waals surface area contributed by atoms with Crippen LogP contribution in [0.15, 0.2) is 67.4 Å². The summed E-state index contributed by atoms with van der Waals surface area (Å²) in [5, 5.41) is 0.734. The van der Waals surface area contributed by atoms with Crippen LogP contribution >= 0.6 is 34.8 Å². The molecule has 0 radical (unpaired) electrons. The molecule has 0 heterocycles. The maximum Gasteiger partial charge on any atom is 0.413 e. The minimum Gasteiger partial charge on any atom is -0.250 e. The first-order chi connectivity index (χ1) is 10.7. The molecule has 23 heavy (non-hydrogen) atoms. The van der Waals surface area contributed by atoms with Gasteiger partial charge in [-0.1, -0.05) is 59.1 Å². The number of hydrogen-bond donors (Lipinski definition) is 0. The lowest BCUT2D eigenvalue weighted by Crippen LogP contribution is -2.21. The van der Waals surface area contributed by atoms with Crippen molar-refractivity contribution < 1.29 is 17.4 Å². The van der Waals surface area contributed by atoms with Gasteiger partial charge in [-0.3, -0.25) is 0 Å². The van der Waals surface area contributed by atoms with E-state index in [4.69, 9.17) is 34.8 Å². The first-order valence-corrected chi connectivity index (χ1v) is 8.71. The van der Waals surface area contributed by atoms with Crippen LogP contribution in [0.5, 0.6) is 0 Å². The van der Waals surface area contributed by atoms with Crippen LogP contribution in [-0.2, 0) is 10.8 Å². The number of alkyl halides is 3. The van der Waals surface area contributed by atoms with Crippen LogP contribution in [0.2, 0.25) is 0 Å². The van der Waals surface area contributed by atoms with Gasteiger partial charge in [-0.2, -0.15) is 13.2 Å². The van der Waals surface area contributed by atoms with Gasteiger partial charge in [0.05, 0.1) is 20.9 Å². The predicted octanol–water partition coefficient (Wildman–Crippen LogP) is 6.07. The Balaban J connectivity index is 2.40. The van der Waals surface area contributed by atoms with Gasteiger partial charge in [0.2, 0.25) is 0 Å². The number of hydrogen-bond acceptors (Lipinski definition) is 1. The average Bonchev–Trinajstić information content (AvgIpc) is 2.49. The van der Waals surface area contributed by atoms with Gasteiger partial charge in [0.1, 0.15) is 0 Å². The predicted molar refractivity (Wildman–Crippen MR) is 87.8 cm³/mol. The van der Waals surface area contributed by atoms with Crippen molar-refractivity contribution in [3.05, 3.63) is 62.5 Å². The summed E-state index contributed by atoms with van der Waals surface area (Å²) < 4.78 is 52.3. The lowest BCUT2D eigenvalue weighted by Gasteiger charge is -2.23. The summed E-state index contributed by atoms with van der Waals surface area (Å²) in [5.41, 5.74) is -0.958. The van der Waals surface area contributed by atoms with Gasteiger partial charge in [0.25, 0.3) is 0 Å². The minimum absolute atomic E-state index is 0.0373. The zero-order valence-electron chi connectivity index (χ0n) is 11.4. The summed E-state index contributed by atoms with van der Waals surface area (Å²) in [6.07, 6.45) is -3.63. The fraction of sp³-hybridized carbons (Fsp3) is 0.200. The second kappa shape index (κ2) is 7.43. The van der Waals surface area contributed by atoms with E-state index in [9.17, 15) is 17.4 Å². The SMILES string of the molecule is O=S(/C=C(/C1C=C(Cl)C(Cl)=C(Cl)C1)C(F)(F)F)c1ccccc1. The second-order valence-corrected chi connectivity index (χ2v) is 7.27.